The summed E-state index contributed by atoms with van der Waals surface area (Å²) in [7, 11) is 2.02. The maximum atomic E-state index is 10.8. The van der Waals surface area contributed by atoms with Gasteiger partial charge in [-0.25, -0.2) is 4.79 Å². The number of hydrogen-bond acceptors (Lipinski definition) is 4. The normalized spacial score (nSPS) is 22.8. The van der Waals surface area contributed by atoms with Crippen molar-refractivity contribution in [2.45, 2.75) is 12.3 Å². The highest BCUT2D eigenvalue weighted by molar-refractivity contribution is 5.86. The average Bonchev–Trinajstić information content (AvgIpc) is 2.70. The number of rotatable bonds is 2. The summed E-state index contributed by atoms with van der Waals surface area (Å²) in [6.45, 7) is 1.87. The molecule has 0 saturated carbocycles. The molecule has 5 nitrogen and oxygen atoms in total. The Hall–Kier alpha value is -1.36. The number of carboxylic acid groups (broad SMARTS) is 1. The zero-order chi connectivity index (χ0) is 10.1. The fourth-order valence-corrected chi connectivity index (χ4v) is 1.89. The van der Waals surface area contributed by atoms with Gasteiger partial charge in [-0.1, -0.05) is 5.16 Å². The highest BCUT2D eigenvalue weighted by Crippen LogP contribution is 2.28. The van der Waals surface area contributed by atoms with Gasteiger partial charge in [0.1, 0.15) is 0 Å². The molecule has 1 aromatic heterocycles. The molecule has 1 atom stereocenters. The van der Waals surface area contributed by atoms with Crippen LogP contribution in [0.3, 0.4) is 0 Å². The molecule has 0 aromatic carbocycles. The fourth-order valence-electron chi connectivity index (χ4n) is 1.89. The maximum absolute atomic E-state index is 10.8. The van der Waals surface area contributed by atoms with Crippen molar-refractivity contribution in [3.8, 4) is 0 Å². The van der Waals surface area contributed by atoms with E-state index in [-0.39, 0.29) is 11.7 Å². The zero-order valence-electron chi connectivity index (χ0n) is 7.93. The number of hydrogen-bond donors (Lipinski definition) is 1. The lowest BCUT2D eigenvalue weighted by Gasteiger charge is -2.07. The molecule has 1 unspecified atom stereocenters. The van der Waals surface area contributed by atoms with Crippen molar-refractivity contribution >= 4 is 5.97 Å². The van der Waals surface area contributed by atoms with Crippen molar-refractivity contribution in [1.29, 1.82) is 0 Å². The van der Waals surface area contributed by atoms with Gasteiger partial charge in [0.15, 0.2) is 0 Å². The fraction of sp³-hybridized carbons (Fsp3) is 0.556. The molecule has 0 bridgehead atoms. The third-order valence-electron chi connectivity index (χ3n) is 2.62. The van der Waals surface area contributed by atoms with Crippen LogP contribution < -0.4 is 0 Å². The summed E-state index contributed by atoms with van der Waals surface area (Å²) in [4.78, 5) is 12.9. The molecule has 1 aliphatic rings. The molecule has 0 amide bonds. The van der Waals surface area contributed by atoms with Crippen molar-refractivity contribution in [3.63, 3.8) is 0 Å². The molecule has 5 heteroatoms. The smallest absolute Gasteiger partial charge is 0.375 e. The average molecular weight is 196 g/mol. The molecule has 1 aliphatic heterocycles. The highest BCUT2D eigenvalue weighted by atomic mass is 16.5. The second-order valence-corrected chi connectivity index (χ2v) is 3.66. The standard InChI is InChI=1S/C9H12N2O3/c1-11-3-2-6(5-11)7-4-10-14-8(7)9(12)13/h4,6H,2-3,5H2,1H3,(H,12,13). The lowest BCUT2D eigenvalue weighted by atomic mass is 9.99. The van der Waals surface area contributed by atoms with E-state index in [1.807, 2.05) is 7.05 Å². The van der Waals surface area contributed by atoms with E-state index in [2.05, 4.69) is 10.1 Å². The van der Waals surface area contributed by atoms with Crippen LogP contribution in [-0.4, -0.2) is 41.3 Å². The third kappa shape index (κ3) is 1.50. The van der Waals surface area contributed by atoms with E-state index in [1.165, 1.54) is 6.20 Å². The van der Waals surface area contributed by atoms with Crippen molar-refractivity contribution in [3.05, 3.63) is 17.5 Å². The molecular weight excluding hydrogens is 184 g/mol. The highest BCUT2D eigenvalue weighted by Gasteiger charge is 2.28. The number of carbonyl (C=O) groups is 1. The van der Waals surface area contributed by atoms with Gasteiger partial charge >= 0.3 is 5.97 Å². The Kier molecular flexibility index (Phi) is 2.25. The first-order valence-electron chi connectivity index (χ1n) is 4.55. The van der Waals surface area contributed by atoms with E-state index >= 15 is 0 Å². The molecule has 2 rings (SSSR count). The SMILES string of the molecule is CN1CCC(c2cnoc2C(=O)O)C1. The van der Waals surface area contributed by atoms with E-state index in [0.29, 0.717) is 0 Å². The van der Waals surface area contributed by atoms with E-state index in [0.717, 1.165) is 25.1 Å². The van der Waals surface area contributed by atoms with Crippen LogP contribution in [0.5, 0.6) is 0 Å². The Morgan fingerprint density at radius 1 is 1.79 bits per heavy atom. The Morgan fingerprint density at radius 2 is 2.57 bits per heavy atom. The van der Waals surface area contributed by atoms with Crippen LogP contribution in [0, 0.1) is 0 Å². The molecular formula is C9H12N2O3. The summed E-state index contributed by atoms with van der Waals surface area (Å²) < 4.78 is 4.71. The van der Waals surface area contributed by atoms with Crippen molar-refractivity contribution < 1.29 is 14.4 Å². The van der Waals surface area contributed by atoms with Crippen LogP contribution in [0.2, 0.25) is 0 Å². The summed E-state index contributed by atoms with van der Waals surface area (Å²) in [5.74, 6) is -0.797. The first-order valence-corrected chi connectivity index (χ1v) is 4.55. The number of aromatic carboxylic acids is 1. The Bertz CT molecular complexity index is 348. The largest absolute Gasteiger partial charge is 0.475 e. The molecule has 2 heterocycles. The van der Waals surface area contributed by atoms with E-state index in [1.54, 1.807) is 0 Å². The van der Waals surface area contributed by atoms with Gasteiger partial charge in [0, 0.05) is 18.0 Å². The van der Waals surface area contributed by atoms with Gasteiger partial charge < -0.3 is 14.5 Å². The van der Waals surface area contributed by atoms with Gasteiger partial charge in [-0.15, -0.1) is 0 Å². The summed E-state index contributed by atoms with van der Waals surface area (Å²) in [6, 6.07) is 0. The number of likely N-dealkylation sites (tertiary alicyclic amines) is 1. The van der Waals surface area contributed by atoms with Crippen LogP contribution in [0.25, 0.3) is 0 Å². The molecule has 14 heavy (non-hydrogen) atoms. The first-order chi connectivity index (χ1) is 6.68. The van der Waals surface area contributed by atoms with Crippen LogP contribution in [0.15, 0.2) is 10.7 Å². The molecule has 1 saturated heterocycles. The lowest BCUT2D eigenvalue weighted by Crippen LogP contribution is -2.14. The number of likely N-dealkylation sites (N-methyl/N-ethyl adjacent to an activating group) is 1. The predicted octanol–water partition coefficient (Wildman–Crippen LogP) is 0.792. The van der Waals surface area contributed by atoms with E-state index in [4.69, 9.17) is 9.63 Å². The number of aromatic nitrogens is 1. The van der Waals surface area contributed by atoms with Crippen LogP contribution in [-0.2, 0) is 0 Å². The third-order valence-corrected chi connectivity index (χ3v) is 2.62. The first kappa shape index (κ1) is 9.21. The minimum atomic E-state index is -1.04. The van der Waals surface area contributed by atoms with Gasteiger partial charge in [0.25, 0.3) is 0 Å². The summed E-state index contributed by atoms with van der Waals surface area (Å²) >= 11 is 0. The quantitative estimate of drug-likeness (QED) is 0.757. The molecule has 1 N–H and O–H groups in total. The predicted molar refractivity (Wildman–Crippen MR) is 48.3 cm³/mol. The van der Waals surface area contributed by atoms with E-state index in [9.17, 15) is 4.79 Å². The van der Waals surface area contributed by atoms with Crippen molar-refractivity contribution in [1.82, 2.24) is 10.1 Å². The minimum Gasteiger partial charge on any atom is -0.475 e. The van der Waals surface area contributed by atoms with Gasteiger partial charge in [-0.05, 0) is 20.0 Å². The monoisotopic (exact) mass is 196 g/mol. The molecule has 0 radical (unpaired) electrons. The van der Waals surface area contributed by atoms with Gasteiger partial charge in [-0.3, -0.25) is 0 Å². The Balaban J connectivity index is 2.23. The molecule has 76 valence electrons. The van der Waals surface area contributed by atoms with Crippen molar-refractivity contribution in [2.75, 3.05) is 20.1 Å². The minimum absolute atomic E-state index is 0.00898. The number of nitrogens with zero attached hydrogens (tertiary/aromatic N) is 2. The Morgan fingerprint density at radius 3 is 3.14 bits per heavy atom. The summed E-state index contributed by atoms with van der Waals surface area (Å²) in [6.07, 6.45) is 2.49. The molecule has 0 aliphatic carbocycles. The second kappa shape index (κ2) is 3.42. The van der Waals surface area contributed by atoms with E-state index < -0.39 is 5.97 Å². The zero-order valence-corrected chi connectivity index (χ0v) is 7.93. The topological polar surface area (TPSA) is 66.6 Å². The molecule has 0 spiro atoms. The molecule has 1 fully saturated rings. The van der Waals surface area contributed by atoms with Gasteiger partial charge in [0.05, 0.1) is 6.20 Å². The van der Waals surface area contributed by atoms with Gasteiger partial charge in [-0.2, -0.15) is 0 Å². The Labute approximate surface area is 81.3 Å². The summed E-state index contributed by atoms with van der Waals surface area (Å²) in [5.41, 5.74) is 0.724. The lowest BCUT2D eigenvalue weighted by molar-refractivity contribution is 0.0649. The van der Waals surface area contributed by atoms with Crippen LogP contribution >= 0.6 is 0 Å². The maximum Gasteiger partial charge on any atom is 0.375 e. The number of carboxylic acids is 1. The summed E-state index contributed by atoms with van der Waals surface area (Å²) in [5, 5.41) is 12.4. The van der Waals surface area contributed by atoms with Gasteiger partial charge in [0.2, 0.25) is 5.76 Å². The van der Waals surface area contributed by atoms with Crippen molar-refractivity contribution in [2.24, 2.45) is 0 Å². The molecule has 1 aromatic rings. The van der Waals surface area contributed by atoms with Crippen LogP contribution in [0.4, 0.5) is 0 Å². The van der Waals surface area contributed by atoms with Crippen LogP contribution in [0.1, 0.15) is 28.5 Å². The second-order valence-electron chi connectivity index (χ2n) is 3.66.